The summed E-state index contributed by atoms with van der Waals surface area (Å²) in [5.74, 6) is 1.82. The third-order valence-electron chi connectivity index (χ3n) is 3.61. The Morgan fingerprint density at radius 3 is 1.19 bits per heavy atom. The zero-order valence-corrected chi connectivity index (χ0v) is 14.8. The van der Waals surface area contributed by atoms with Crippen molar-refractivity contribution in [1.82, 2.24) is 0 Å². The molecule has 0 aliphatic heterocycles. The maximum Gasteiger partial charge on any atom is 0.673 e. The number of hydrogen-bond donors (Lipinski definition) is 0. The van der Waals surface area contributed by atoms with Crippen molar-refractivity contribution < 1.29 is 21.7 Å². The summed E-state index contributed by atoms with van der Waals surface area (Å²) in [5.41, 5.74) is 5.93. The molecule has 1 aromatic heterocycles. The molecule has 6 heteroatoms. The molecule has 0 saturated heterocycles. The lowest BCUT2D eigenvalue weighted by Gasteiger charge is -1.98. The lowest BCUT2D eigenvalue weighted by atomic mass is 10.1. The van der Waals surface area contributed by atoms with E-state index in [0.717, 1.165) is 22.6 Å². The van der Waals surface area contributed by atoms with E-state index in [-0.39, 0.29) is 0 Å². The fourth-order valence-electron chi connectivity index (χ4n) is 2.35. The van der Waals surface area contributed by atoms with Crippen molar-refractivity contribution in [3.05, 3.63) is 77.4 Å². The highest BCUT2D eigenvalue weighted by Gasteiger charge is 2.20. The van der Waals surface area contributed by atoms with Gasteiger partial charge in [-0.15, -0.1) is 0 Å². The van der Waals surface area contributed by atoms with Gasteiger partial charge in [-0.3, -0.25) is 0 Å². The van der Waals surface area contributed by atoms with E-state index in [1.54, 1.807) is 0 Å². The Morgan fingerprint density at radius 1 is 0.577 bits per heavy atom. The second-order valence-electron chi connectivity index (χ2n) is 6.09. The van der Waals surface area contributed by atoms with Crippen LogP contribution >= 0.6 is 0 Å². The molecule has 0 fully saturated rings. The molecule has 1 nitrogen and oxygen atoms in total. The highest BCUT2D eigenvalue weighted by atomic mass is 19.5. The van der Waals surface area contributed by atoms with E-state index >= 15 is 0 Å². The third kappa shape index (κ3) is 6.35. The van der Waals surface area contributed by atoms with Crippen LogP contribution in [0, 0.1) is 20.8 Å². The van der Waals surface area contributed by atoms with Crippen molar-refractivity contribution in [3.8, 4) is 22.6 Å². The summed E-state index contributed by atoms with van der Waals surface area (Å²) in [6, 6.07) is 21.0. The summed E-state index contributed by atoms with van der Waals surface area (Å²) in [5, 5.41) is 0. The Morgan fingerprint density at radius 2 is 0.885 bits per heavy atom. The quantitative estimate of drug-likeness (QED) is 0.268. The van der Waals surface area contributed by atoms with Crippen LogP contribution in [0.1, 0.15) is 16.7 Å². The number of rotatable bonds is 2. The summed E-state index contributed by atoms with van der Waals surface area (Å²) in [7, 11) is -6.00. The number of aryl methyl sites for hydroxylation is 3. The van der Waals surface area contributed by atoms with Gasteiger partial charge < -0.3 is 17.3 Å². The first-order chi connectivity index (χ1) is 12.1. The van der Waals surface area contributed by atoms with E-state index in [2.05, 4.69) is 81.4 Å². The summed E-state index contributed by atoms with van der Waals surface area (Å²) in [4.78, 5) is 0. The SMILES string of the molecule is Cc1ccc(-c2cc(C)cc(-c3ccc(C)cc3)[o+]2)cc1.F[B-](F)(F)F. The zero-order valence-electron chi connectivity index (χ0n) is 14.8. The van der Waals surface area contributed by atoms with Crippen molar-refractivity contribution >= 4 is 7.25 Å². The minimum atomic E-state index is -6.00. The molecule has 0 N–H and O–H groups in total. The maximum absolute atomic E-state index is 9.75. The molecule has 0 aliphatic rings. The van der Waals surface area contributed by atoms with E-state index in [9.17, 15) is 17.3 Å². The number of hydrogen-bond acceptors (Lipinski definition) is 0. The molecule has 2 aromatic carbocycles. The predicted molar refractivity (Wildman–Crippen MR) is 98.4 cm³/mol. The number of benzene rings is 2. The van der Waals surface area contributed by atoms with Gasteiger partial charge in [-0.25, -0.2) is 4.42 Å². The monoisotopic (exact) mass is 362 g/mol. The first-order valence-electron chi connectivity index (χ1n) is 8.08. The van der Waals surface area contributed by atoms with Crippen LogP contribution in [0.15, 0.2) is 65.1 Å². The first-order valence-corrected chi connectivity index (χ1v) is 8.08. The second kappa shape index (κ2) is 8.17. The van der Waals surface area contributed by atoms with E-state index in [4.69, 9.17) is 4.42 Å². The van der Waals surface area contributed by atoms with E-state index < -0.39 is 7.25 Å². The van der Waals surface area contributed by atoms with Gasteiger partial charge in [-0.2, -0.15) is 0 Å². The minimum Gasteiger partial charge on any atom is -0.418 e. The Bertz CT molecular complexity index is 787. The van der Waals surface area contributed by atoms with Gasteiger partial charge in [0.05, 0.1) is 11.1 Å². The molecule has 136 valence electrons. The molecule has 0 bridgehead atoms. The molecule has 26 heavy (non-hydrogen) atoms. The highest BCUT2D eigenvalue weighted by Crippen LogP contribution is 2.28. The molecule has 0 radical (unpaired) electrons. The summed E-state index contributed by atoms with van der Waals surface area (Å²) in [6.07, 6.45) is 0. The Labute approximate surface area is 150 Å². The molecule has 3 rings (SSSR count). The van der Waals surface area contributed by atoms with Gasteiger partial charge >= 0.3 is 18.8 Å². The standard InChI is InChI=1S/C20H19O.BF4/c1-14-4-8-17(9-5-14)19-12-16(3)13-20(21-19)18-10-6-15(2)7-11-18;2-1(3,4)5/h4-13H,1-3H3;/q+1;-1. The average Bonchev–Trinajstić information content (AvgIpc) is 2.54. The van der Waals surface area contributed by atoms with Crippen LogP contribution in [0.5, 0.6) is 0 Å². The topological polar surface area (TPSA) is 11.3 Å². The van der Waals surface area contributed by atoms with Crippen LogP contribution in [0.25, 0.3) is 22.6 Å². The first kappa shape index (κ1) is 19.7. The number of halogens is 4. The highest BCUT2D eigenvalue weighted by molar-refractivity contribution is 6.50. The third-order valence-corrected chi connectivity index (χ3v) is 3.61. The lowest BCUT2D eigenvalue weighted by molar-refractivity contribution is 0.368. The van der Waals surface area contributed by atoms with Crippen LogP contribution in [0.3, 0.4) is 0 Å². The van der Waals surface area contributed by atoms with Crippen LogP contribution < -0.4 is 0 Å². The second-order valence-corrected chi connectivity index (χ2v) is 6.09. The van der Waals surface area contributed by atoms with Crippen LogP contribution in [-0.4, -0.2) is 7.25 Å². The van der Waals surface area contributed by atoms with E-state index in [1.165, 1.54) is 16.7 Å². The average molecular weight is 362 g/mol. The van der Waals surface area contributed by atoms with Crippen molar-refractivity contribution in [2.24, 2.45) is 0 Å². The maximum atomic E-state index is 9.75. The van der Waals surface area contributed by atoms with E-state index in [0.29, 0.717) is 0 Å². The van der Waals surface area contributed by atoms with Crippen molar-refractivity contribution in [1.29, 1.82) is 0 Å². The summed E-state index contributed by atoms with van der Waals surface area (Å²) >= 11 is 0. The van der Waals surface area contributed by atoms with Gasteiger partial charge in [0.1, 0.15) is 0 Å². The molecule has 0 unspecified atom stereocenters. The van der Waals surface area contributed by atoms with Gasteiger partial charge in [0.15, 0.2) is 0 Å². The molecule has 0 amide bonds. The van der Waals surface area contributed by atoms with Crippen molar-refractivity contribution in [2.75, 3.05) is 0 Å². The van der Waals surface area contributed by atoms with Gasteiger partial charge in [0.25, 0.3) is 0 Å². The van der Waals surface area contributed by atoms with E-state index in [1.807, 2.05) is 0 Å². The molecule has 0 aliphatic carbocycles. The minimum absolute atomic E-state index is 0.908. The molecular formula is C20H19BF4O. The molecule has 3 aromatic rings. The fourth-order valence-corrected chi connectivity index (χ4v) is 2.35. The van der Waals surface area contributed by atoms with Crippen molar-refractivity contribution in [3.63, 3.8) is 0 Å². The van der Waals surface area contributed by atoms with Gasteiger partial charge in [0.2, 0.25) is 0 Å². The fraction of sp³-hybridized carbons (Fsp3) is 0.150. The van der Waals surface area contributed by atoms with Gasteiger partial charge in [0, 0.05) is 12.1 Å². The zero-order chi connectivity index (χ0) is 19.3. The summed E-state index contributed by atoms with van der Waals surface area (Å²) in [6.45, 7) is 6.29. The van der Waals surface area contributed by atoms with Crippen LogP contribution in [0.2, 0.25) is 0 Å². The molecule has 1 heterocycles. The van der Waals surface area contributed by atoms with Crippen LogP contribution in [0.4, 0.5) is 17.3 Å². The molecule has 0 saturated carbocycles. The molecular weight excluding hydrogens is 343 g/mol. The normalized spacial score (nSPS) is 10.9. The van der Waals surface area contributed by atoms with Crippen LogP contribution in [-0.2, 0) is 0 Å². The largest absolute Gasteiger partial charge is 0.673 e. The Kier molecular flexibility index (Phi) is 6.19. The smallest absolute Gasteiger partial charge is 0.418 e. The molecule has 0 spiro atoms. The Balaban J connectivity index is 0.000000431. The van der Waals surface area contributed by atoms with Gasteiger partial charge in [-0.05, 0) is 50.6 Å². The molecule has 0 atom stereocenters. The van der Waals surface area contributed by atoms with Crippen molar-refractivity contribution in [2.45, 2.75) is 20.8 Å². The predicted octanol–water partition coefficient (Wildman–Crippen LogP) is 7.12. The lowest BCUT2D eigenvalue weighted by Crippen LogP contribution is -2.02. The summed E-state index contributed by atoms with van der Waals surface area (Å²) < 4.78 is 45.1. The Hall–Kier alpha value is -2.63. The van der Waals surface area contributed by atoms with Gasteiger partial charge in [-0.1, -0.05) is 35.4 Å².